The number of carbonyl (C=O) groups is 1. The van der Waals surface area contributed by atoms with E-state index < -0.39 is 32.8 Å². The average molecular weight is 211 g/mol. The van der Waals surface area contributed by atoms with E-state index >= 15 is 0 Å². The molecule has 0 heterocycles. The van der Waals surface area contributed by atoms with Crippen LogP contribution in [0.1, 0.15) is 10.4 Å². The zero-order valence-electron chi connectivity index (χ0n) is 7.08. The predicted molar refractivity (Wildman–Crippen MR) is 44.1 cm³/mol. The van der Waals surface area contributed by atoms with Gasteiger partial charge in [0.2, 0.25) is 0 Å². The van der Waals surface area contributed by atoms with Crippen LogP contribution in [0.25, 0.3) is 0 Å². The van der Waals surface area contributed by atoms with E-state index in [1.54, 1.807) is 0 Å². The Balaban J connectivity index is 3.40. The number of hydrogen-bond acceptors (Lipinski definition) is 6. The van der Waals surface area contributed by atoms with Crippen LogP contribution >= 0.6 is 0 Å². The van der Waals surface area contributed by atoms with Gasteiger partial charge in [-0.3, -0.25) is 20.2 Å². The first-order valence-electron chi connectivity index (χ1n) is 3.57. The van der Waals surface area contributed by atoms with Gasteiger partial charge in [0.15, 0.2) is 0 Å². The third-order valence-corrected chi connectivity index (χ3v) is 1.61. The summed E-state index contributed by atoms with van der Waals surface area (Å²) in [5.74, 6) is -1.75. The number of non-ortho nitro benzene ring substituents is 1. The maximum absolute atomic E-state index is 10.4. The predicted octanol–water partition coefficient (Wildman–Crippen LogP) is -0.134. The van der Waals surface area contributed by atoms with Crippen molar-refractivity contribution >= 4 is 17.3 Å². The number of carbonyl (C=O) groups excluding carboxylic acids is 1. The van der Waals surface area contributed by atoms with E-state index in [9.17, 15) is 30.1 Å². The molecule has 0 bridgehead atoms. The molecule has 1 rings (SSSR count). The van der Waals surface area contributed by atoms with Gasteiger partial charge in [0.1, 0.15) is 0 Å². The van der Waals surface area contributed by atoms with Crippen LogP contribution in [0.5, 0.6) is 0 Å². The lowest BCUT2D eigenvalue weighted by Gasteiger charge is -2.02. The van der Waals surface area contributed by atoms with Crippen molar-refractivity contribution < 1.29 is 19.7 Å². The van der Waals surface area contributed by atoms with Crippen LogP contribution < -0.4 is 5.11 Å². The summed E-state index contributed by atoms with van der Waals surface area (Å²) in [5, 5.41) is 31.1. The van der Waals surface area contributed by atoms with Crippen molar-refractivity contribution in [3.8, 4) is 0 Å². The quantitative estimate of drug-likeness (QED) is 0.505. The lowest BCUT2D eigenvalue weighted by Crippen LogP contribution is -2.23. The highest BCUT2D eigenvalue weighted by atomic mass is 16.6. The monoisotopic (exact) mass is 211 g/mol. The van der Waals surface area contributed by atoms with Crippen molar-refractivity contribution in [2.75, 3.05) is 0 Å². The molecule has 15 heavy (non-hydrogen) atoms. The van der Waals surface area contributed by atoms with Crippen LogP contribution in [0.15, 0.2) is 18.2 Å². The average Bonchev–Trinajstić information content (AvgIpc) is 2.16. The smallest absolute Gasteiger partial charge is 0.285 e. The van der Waals surface area contributed by atoms with E-state index in [1.807, 2.05) is 0 Å². The van der Waals surface area contributed by atoms with Gasteiger partial charge in [0, 0.05) is 6.07 Å². The third kappa shape index (κ3) is 2.05. The summed E-state index contributed by atoms with van der Waals surface area (Å²) in [4.78, 5) is 29.2. The third-order valence-electron chi connectivity index (χ3n) is 1.61. The normalized spacial score (nSPS) is 9.60. The van der Waals surface area contributed by atoms with Gasteiger partial charge in [0.25, 0.3) is 11.4 Å². The zero-order valence-corrected chi connectivity index (χ0v) is 7.08. The minimum absolute atomic E-state index is 0.549. The molecule has 0 spiro atoms. The van der Waals surface area contributed by atoms with Crippen molar-refractivity contribution in [1.29, 1.82) is 0 Å². The second kappa shape index (κ2) is 3.70. The van der Waals surface area contributed by atoms with Gasteiger partial charge in [-0.1, -0.05) is 0 Å². The Kier molecular flexibility index (Phi) is 2.61. The maximum atomic E-state index is 10.4. The molecule has 0 amide bonds. The molecule has 0 aliphatic carbocycles. The minimum Gasteiger partial charge on any atom is -0.545 e. The van der Waals surface area contributed by atoms with E-state index in [2.05, 4.69) is 0 Å². The summed E-state index contributed by atoms with van der Waals surface area (Å²) < 4.78 is 0. The van der Waals surface area contributed by atoms with E-state index in [4.69, 9.17) is 0 Å². The molecule has 0 saturated carbocycles. The van der Waals surface area contributed by atoms with Crippen LogP contribution in [-0.2, 0) is 0 Å². The molecule has 0 N–H and O–H groups in total. The molecule has 0 atom stereocenters. The summed E-state index contributed by atoms with van der Waals surface area (Å²) in [6.45, 7) is 0. The second-order valence-corrected chi connectivity index (χ2v) is 2.50. The summed E-state index contributed by atoms with van der Waals surface area (Å²) >= 11 is 0. The van der Waals surface area contributed by atoms with Gasteiger partial charge in [-0.2, -0.15) is 0 Å². The Hall–Kier alpha value is -2.51. The fourth-order valence-corrected chi connectivity index (χ4v) is 0.957. The lowest BCUT2D eigenvalue weighted by molar-refractivity contribution is -0.394. The van der Waals surface area contributed by atoms with Gasteiger partial charge in [-0.25, -0.2) is 0 Å². The molecule has 8 nitrogen and oxygen atoms in total. The number of hydrogen-bond donors (Lipinski definition) is 0. The number of carboxylic acids is 1. The Morgan fingerprint density at radius 3 is 2.13 bits per heavy atom. The van der Waals surface area contributed by atoms with Gasteiger partial charge >= 0.3 is 0 Å². The molecule has 8 heteroatoms. The summed E-state index contributed by atoms with van der Waals surface area (Å²) in [6, 6.07) is 2.20. The molecule has 0 aliphatic heterocycles. The standard InChI is InChI=1S/C7H4N2O6/c10-7(11)5-2-1-4(8(12)13)3-6(5)9(14)15/h1-3H,(H,10,11)/p-1. The number of nitro benzene ring substituents is 2. The number of aromatic carboxylic acids is 1. The highest BCUT2D eigenvalue weighted by Crippen LogP contribution is 2.23. The Morgan fingerprint density at radius 2 is 1.73 bits per heavy atom. The van der Waals surface area contributed by atoms with Gasteiger partial charge in [0.05, 0.1) is 27.4 Å². The molecule has 0 radical (unpaired) electrons. The molecular formula is C7H3N2O6-. The molecular weight excluding hydrogens is 208 g/mol. The first-order valence-corrected chi connectivity index (χ1v) is 3.57. The molecule has 1 aromatic rings. The Labute approximate surface area is 82.1 Å². The fourth-order valence-electron chi connectivity index (χ4n) is 0.957. The summed E-state index contributed by atoms with van der Waals surface area (Å²) in [5.41, 5.74) is -2.10. The van der Waals surface area contributed by atoms with Crippen molar-refractivity contribution in [2.24, 2.45) is 0 Å². The highest BCUT2D eigenvalue weighted by molar-refractivity contribution is 5.91. The zero-order chi connectivity index (χ0) is 11.6. The van der Waals surface area contributed by atoms with E-state index in [1.165, 1.54) is 0 Å². The summed E-state index contributed by atoms with van der Waals surface area (Å²) in [7, 11) is 0. The number of rotatable bonds is 3. The number of carboxylic acid groups (broad SMARTS) is 1. The molecule has 0 unspecified atom stereocenters. The van der Waals surface area contributed by atoms with Crippen LogP contribution in [0, 0.1) is 20.2 Å². The van der Waals surface area contributed by atoms with E-state index in [0.29, 0.717) is 6.07 Å². The highest BCUT2D eigenvalue weighted by Gasteiger charge is 2.19. The van der Waals surface area contributed by atoms with Gasteiger partial charge < -0.3 is 9.90 Å². The van der Waals surface area contributed by atoms with Gasteiger partial charge in [-0.05, 0) is 6.07 Å². The molecule has 0 saturated heterocycles. The fraction of sp³-hybridized carbons (Fsp3) is 0. The van der Waals surface area contributed by atoms with Crippen molar-refractivity contribution in [1.82, 2.24) is 0 Å². The van der Waals surface area contributed by atoms with Crippen molar-refractivity contribution in [3.05, 3.63) is 44.0 Å². The van der Waals surface area contributed by atoms with Crippen LogP contribution in [0.3, 0.4) is 0 Å². The number of nitro groups is 2. The van der Waals surface area contributed by atoms with Crippen molar-refractivity contribution in [2.45, 2.75) is 0 Å². The SMILES string of the molecule is O=C([O-])c1ccc([N+](=O)[O-])cc1[N+](=O)[O-]. The second-order valence-electron chi connectivity index (χ2n) is 2.50. The Bertz CT molecular complexity index is 455. The lowest BCUT2D eigenvalue weighted by atomic mass is 10.1. The van der Waals surface area contributed by atoms with Crippen LogP contribution in [0.2, 0.25) is 0 Å². The van der Waals surface area contributed by atoms with Gasteiger partial charge in [-0.15, -0.1) is 0 Å². The van der Waals surface area contributed by atoms with Crippen LogP contribution in [-0.4, -0.2) is 15.8 Å². The topological polar surface area (TPSA) is 126 Å². The first kappa shape index (κ1) is 10.6. The molecule has 0 aromatic heterocycles. The van der Waals surface area contributed by atoms with Crippen LogP contribution in [0.4, 0.5) is 11.4 Å². The maximum Gasteiger partial charge on any atom is 0.285 e. The number of nitrogens with zero attached hydrogens (tertiary/aromatic N) is 2. The molecule has 0 fully saturated rings. The molecule has 78 valence electrons. The summed E-state index contributed by atoms with van der Waals surface area (Å²) in [6.07, 6.45) is 0. The van der Waals surface area contributed by atoms with Crippen molar-refractivity contribution in [3.63, 3.8) is 0 Å². The van der Waals surface area contributed by atoms with E-state index in [-0.39, 0.29) is 0 Å². The first-order chi connectivity index (χ1) is 6.93. The van der Waals surface area contributed by atoms with E-state index in [0.717, 1.165) is 12.1 Å². The molecule has 1 aromatic carbocycles. The molecule has 0 aliphatic rings. The largest absolute Gasteiger partial charge is 0.545 e. The number of benzene rings is 1. The Morgan fingerprint density at radius 1 is 1.13 bits per heavy atom. The minimum atomic E-state index is -1.75.